The van der Waals surface area contributed by atoms with Crippen molar-refractivity contribution in [3.8, 4) is 0 Å². The minimum Gasteiger partial charge on any atom is -0.467 e. The first-order chi connectivity index (χ1) is 13.1. The number of thiophene rings is 1. The number of nitrogens with one attached hydrogen (secondary N) is 1. The van der Waals surface area contributed by atoms with Crippen LogP contribution < -0.4 is 5.32 Å². The van der Waals surface area contributed by atoms with Crippen LogP contribution in [0.15, 0.2) is 52.6 Å². The second-order valence-corrected chi connectivity index (χ2v) is 7.20. The number of pyridine rings is 1. The quantitative estimate of drug-likeness (QED) is 0.535. The van der Waals surface area contributed by atoms with Gasteiger partial charge in [-0.1, -0.05) is 6.07 Å². The summed E-state index contributed by atoms with van der Waals surface area (Å²) in [5.41, 5.74) is 1.88. The van der Waals surface area contributed by atoms with E-state index in [-0.39, 0.29) is 12.5 Å². The summed E-state index contributed by atoms with van der Waals surface area (Å²) in [5, 5.41) is 19.9. The van der Waals surface area contributed by atoms with Crippen molar-refractivity contribution in [1.29, 1.82) is 0 Å². The Hall–Kier alpha value is -2.97. The Labute approximate surface area is 159 Å². The number of aliphatic hydroxyl groups is 1. The van der Waals surface area contributed by atoms with Crippen LogP contribution in [0.1, 0.15) is 32.8 Å². The van der Waals surface area contributed by atoms with Gasteiger partial charge in [-0.25, -0.2) is 9.67 Å². The fourth-order valence-electron chi connectivity index (χ4n) is 2.89. The maximum atomic E-state index is 12.7. The van der Waals surface area contributed by atoms with Gasteiger partial charge in [0.05, 0.1) is 36.5 Å². The number of hydrogen-bond donors (Lipinski definition) is 2. The lowest BCUT2D eigenvalue weighted by Crippen LogP contribution is -2.28. The van der Waals surface area contributed by atoms with Gasteiger partial charge in [-0.05, 0) is 36.6 Å². The van der Waals surface area contributed by atoms with Gasteiger partial charge >= 0.3 is 0 Å². The van der Waals surface area contributed by atoms with Crippen LogP contribution in [-0.4, -0.2) is 32.3 Å². The molecule has 4 rings (SSSR count). The Morgan fingerprint density at radius 2 is 2.30 bits per heavy atom. The van der Waals surface area contributed by atoms with E-state index in [2.05, 4.69) is 15.4 Å². The van der Waals surface area contributed by atoms with E-state index in [1.54, 1.807) is 40.4 Å². The van der Waals surface area contributed by atoms with Gasteiger partial charge in [-0.15, -0.1) is 11.3 Å². The van der Waals surface area contributed by atoms with Crippen LogP contribution in [0, 0.1) is 6.92 Å². The maximum absolute atomic E-state index is 12.7. The van der Waals surface area contributed by atoms with E-state index in [1.807, 2.05) is 24.4 Å². The molecule has 4 heterocycles. The number of aromatic nitrogens is 3. The zero-order valence-electron chi connectivity index (χ0n) is 14.6. The van der Waals surface area contributed by atoms with E-state index in [4.69, 9.17) is 4.42 Å². The van der Waals surface area contributed by atoms with Crippen LogP contribution in [0.2, 0.25) is 0 Å². The molecule has 0 aliphatic carbocycles. The van der Waals surface area contributed by atoms with Crippen LogP contribution in [-0.2, 0) is 6.54 Å². The van der Waals surface area contributed by atoms with Gasteiger partial charge in [-0.2, -0.15) is 5.10 Å². The molecule has 0 aliphatic rings. The van der Waals surface area contributed by atoms with E-state index in [0.29, 0.717) is 28.9 Å². The molecule has 4 aromatic heterocycles. The summed E-state index contributed by atoms with van der Waals surface area (Å²) in [6, 6.07) is 9.12. The number of furan rings is 1. The number of rotatable bonds is 6. The molecule has 1 atom stereocenters. The summed E-state index contributed by atoms with van der Waals surface area (Å²) in [7, 11) is 0. The van der Waals surface area contributed by atoms with Crippen molar-refractivity contribution >= 4 is 28.3 Å². The molecule has 8 heteroatoms. The first kappa shape index (κ1) is 17.4. The molecule has 0 radical (unpaired) electrons. The molecule has 0 spiro atoms. The van der Waals surface area contributed by atoms with Gasteiger partial charge < -0.3 is 14.8 Å². The van der Waals surface area contributed by atoms with E-state index in [9.17, 15) is 9.90 Å². The summed E-state index contributed by atoms with van der Waals surface area (Å²) < 4.78 is 6.95. The summed E-state index contributed by atoms with van der Waals surface area (Å²) in [5.74, 6) is 0.127. The van der Waals surface area contributed by atoms with Crippen LogP contribution in [0.3, 0.4) is 0 Å². The lowest BCUT2D eigenvalue weighted by Gasteiger charge is -2.11. The third-order valence-corrected chi connectivity index (χ3v) is 5.06. The second kappa shape index (κ2) is 7.34. The molecule has 0 aromatic carbocycles. The van der Waals surface area contributed by atoms with Crippen molar-refractivity contribution in [3.05, 3.63) is 70.1 Å². The number of hydrogen-bond acceptors (Lipinski definition) is 6. The Bertz CT molecular complexity index is 1050. The molecule has 1 amide bonds. The molecule has 0 saturated carbocycles. The average Bonchev–Trinajstić information content (AvgIpc) is 3.41. The van der Waals surface area contributed by atoms with Gasteiger partial charge in [0.15, 0.2) is 5.65 Å². The summed E-state index contributed by atoms with van der Waals surface area (Å²) >= 11 is 1.65. The van der Waals surface area contributed by atoms with Crippen LogP contribution in [0.4, 0.5) is 0 Å². The van der Waals surface area contributed by atoms with Gasteiger partial charge in [0.1, 0.15) is 11.9 Å². The lowest BCUT2D eigenvalue weighted by molar-refractivity contribution is 0.0902. The summed E-state index contributed by atoms with van der Waals surface area (Å²) in [6.45, 7) is 2.50. The van der Waals surface area contributed by atoms with Gasteiger partial charge in [0.25, 0.3) is 5.91 Å². The van der Waals surface area contributed by atoms with E-state index >= 15 is 0 Å². The lowest BCUT2D eigenvalue weighted by atomic mass is 10.1. The maximum Gasteiger partial charge on any atom is 0.252 e. The number of aryl methyl sites for hydroxylation is 1. The fraction of sp³-hybridized carbons (Fsp3) is 0.211. The molecule has 1 unspecified atom stereocenters. The molecular formula is C19H18N4O3S. The van der Waals surface area contributed by atoms with Crippen LogP contribution >= 0.6 is 11.3 Å². The van der Waals surface area contributed by atoms with Gasteiger partial charge in [-0.3, -0.25) is 4.79 Å². The fourth-order valence-corrected chi connectivity index (χ4v) is 3.58. The summed E-state index contributed by atoms with van der Waals surface area (Å²) in [4.78, 5) is 18.4. The molecule has 0 fully saturated rings. The van der Waals surface area contributed by atoms with Crippen molar-refractivity contribution in [3.63, 3.8) is 0 Å². The Morgan fingerprint density at radius 1 is 1.41 bits per heavy atom. The van der Waals surface area contributed by atoms with E-state index in [1.165, 1.54) is 6.26 Å². The smallest absolute Gasteiger partial charge is 0.252 e. The highest BCUT2D eigenvalue weighted by atomic mass is 32.1. The third kappa shape index (κ3) is 3.62. The zero-order valence-corrected chi connectivity index (χ0v) is 15.4. The highest BCUT2D eigenvalue weighted by Gasteiger charge is 2.18. The highest BCUT2D eigenvalue weighted by molar-refractivity contribution is 7.09. The largest absolute Gasteiger partial charge is 0.467 e. The van der Waals surface area contributed by atoms with Gasteiger partial charge in [0.2, 0.25) is 0 Å². The summed E-state index contributed by atoms with van der Waals surface area (Å²) in [6.07, 6.45) is 2.25. The molecular weight excluding hydrogens is 364 g/mol. The predicted octanol–water partition coefficient (Wildman–Crippen LogP) is 2.91. The normalized spacial score (nSPS) is 12.4. The Balaban J connectivity index is 1.57. The number of aliphatic hydroxyl groups excluding tert-OH is 1. The Morgan fingerprint density at radius 3 is 3.04 bits per heavy atom. The zero-order chi connectivity index (χ0) is 18.8. The van der Waals surface area contributed by atoms with E-state index in [0.717, 1.165) is 10.6 Å². The first-order valence-electron chi connectivity index (χ1n) is 8.47. The predicted molar refractivity (Wildman–Crippen MR) is 102 cm³/mol. The number of nitrogens with zero attached hydrogens (tertiary/aromatic N) is 3. The highest BCUT2D eigenvalue weighted by Crippen LogP contribution is 2.21. The van der Waals surface area contributed by atoms with Crippen molar-refractivity contribution in [1.82, 2.24) is 20.1 Å². The van der Waals surface area contributed by atoms with Crippen molar-refractivity contribution in [2.75, 3.05) is 6.54 Å². The minimum absolute atomic E-state index is 0.0541. The molecule has 0 saturated heterocycles. The third-order valence-electron chi connectivity index (χ3n) is 4.20. The first-order valence-corrected chi connectivity index (χ1v) is 9.35. The van der Waals surface area contributed by atoms with E-state index < -0.39 is 6.10 Å². The van der Waals surface area contributed by atoms with Crippen molar-refractivity contribution in [2.45, 2.75) is 19.6 Å². The number of amides is 1. The topological polar surface area (TPSA) is 93.2 Å². The van der Waals surface area contributed by atoms with Crippen LogP contribution in [0.25, 0.3) is 11.0 Å². The number of carbonyl (C=O) groups is 1. The molecule has 7 nitrogen and oxygen atoms in total. The molecule has 2 N–H and O–H groups in total. The number of carbonyl (C=O) groups excluding carboxylic acids is 1. The number of fused-ring (bicyclic) bond motifs is 1. The Kier molecular flexibility index (Phi) is 4.74. The monoisotopic (exact) mass is 382 g/mol. The molecule has 27 heavy (non-hydrogen) atoms. The molecule has 4 aromatic rings. The van der Waals surface area contributed by atoms with Crippen LogP contribution in [0.5, 0.6) is 0 Å². The van der Waals surface area contributed by atoms with Gasteiger partial charge in [0, 0.05) is 10.6 Å². The molecule has 0 aliphatic heterocycles. The molecule has 138 valence electrons. The average molecular weight is 382 g/mol. The standard InChI is InChI=1S/C19H18N4O3S/c1-12-8-14(19(25)20-10-16(24)17-5-2-6-26-17)15-9-21-23(18(15)22-12)11-13-4-3-7-27-13/h2-9,16,24H,10-11H2,1H3,(H,20,25). The minimum atomic E-state index is -0.899. The molecule has 0 bridgehead atoms. The second-order valence-electron chi connectivity index (χ2n) is 6.17. The van der Waals surface area contributed by atoms with Crippen molar-refractivity contribution < 1.29 is 14.3 Å². The SMILES string of the molecule is Cc1cc(C(=O)NCC(O)c2ccco2)c2cnn(Cc3cccs3)c2n1. The van der Waals surface area contributed by atoms with Crippen molar-refractivity contribution in [2.24, 2.45) is 0 Å².